The number of rotatable bonds is 22. The number of nitrogens with one attached hydrogen (secondary N) is 1. The van der Waals surface area contributed by atoms with Gasteiger partial charge in [0.1, 0.15) is 30.5 Å². The molecule has 6 atom stereocenters. The van der Waals surface area contributed by atoms with Crippen molar-refractivity contribution in [3.63, 3.8) is 0 Å². The first-order chi connectivity index (χ1) is 30.7. The van der Waals surface area contributed by atoms with Crippen molar-refractivity contribution in [2.45, 2.75) is 100 Å². The minimum Gasteiger partial charge on any atom is -0.387 e. The lowest BCUT2D eigenvalue weighted by atomic mass is 9.70. The van der Waals surface area contributed by atoms with E-state index in [1.54, 1.807) is 48.7 Å². The van der Waals surface area contributed by atoms with Gasteiger partial charge in [0.15, 0.2) is 5.60 Å². The third-order valence-corrected chi connectivity index (χ3v) is 13.2. The number of nitrogens with zero attached hydrogens (tertiary/aromatic N) is 1. The molecule has 0 saturated heterocycles. The number of hydrogen-bond donors (Lipinski definition) is 2. The van der Waals surface area contributed by atoms with Crippen LogP contribution in [0, 0.1) is 0 Å². The lowest BCUT2D eigenvalue weighted by Crippen LogP contribution is -2.71. The lowest BCUT2D eigenvalue weighted by molar-refractivity contribution is -0.321. The van der Waals surface area contributed by atoms with Crippen LogP contribution in [0.25, 0.3) is 10.9 Å². The van der Waals surface area contributed by atoms with Crippen LogP contribution >= 0.6 is 0 Å². The predicted molar refractivity (Wildman–Crippen MR) is 242 cm³/mol. The van der Waals surface area contributed by atoms with Crippen LogP contribution in [0.15, 0.2) is 157 Å². The summed E-state index contributed by atoms with van der Waals surface area (Å²) in [6.45, 7) is 4.83. The third-order valence-electron chi connectivity index (χ3n) is 11.5. The number of aliphatic hydroxyl groups excluding tert-OH is 1. The summed E-state index contributed by atoms with van der Waals surface area (Å²) >= 11 is 0. The molecule has 1 aromatic heterocycles. The first kappa shape index (κ1) is 45.8. The molecule has 1 fully saturated rings. The Morgan fingerprint density at radius 1 is 0.651 bits per heavy atom. The van der Waals surface area contributed by atoms with Gasteiger partial charge >= 0.3 is 0 Å². The van der Waals surface area contributed by atoms with Gasteiger partial charge in [0.25, 0.3) is 10.0 Å². The topological polar surface area (TPSA) is 135 Å². The maximum absolute atomic E-state index is 14.6. The van der Waals surface area contributed by atoms with E-state index in [1.807, 2.05) is 110 Å². The van der Waals surface area contributed by atoms with Gasteiger partial charge in [-0.3, -0.25) is 4.79 Å². The Balaban J connectivity index is 1.38. The molecule has 0 aliphatic heterocycles. The van der Waals surface area contributed by atoms with Crippen molar-refractivity contribution in [2.75, 3.05) is 19.8 Å². The first-order valence-corrected chi connectivity index (χ1v) is 23.2. The molecular weight excluding hydrogens is 817 g/mol. The van der Waals surface area contributed by atoms with E-state index in [1.165, 1.54) is 10.9 Å². The number of ether oxygens (including phenoxy) is 5. The minimum absolute atomic E-state index is 0.0557. The molecule has 1 saturated carbocycles. The van der Waals surface area contributed by atoms with Gasteiger partial charge in [0.2, 0.25) is 5.91 Å². The van der Waals surface area contributed by atoms with Gasteiger partial charge in [-0.05, 0) is 54.7 Å². The van der Waals surface area contributed by atoms with Crippen molar-refractivity contribution in [1.29, 1.82) is 0 Å². The zero-order valence-electron chi connectivity index (χ0n) is 36.0. The molecule has 11 nitrogen and oxygen atoms in total. The number of carbonyl (C=O) groups is 1. The Morgan fingerprint density at radius 3 is 1.76 bits per heavy atom. The monoisotopic (exact) mass is 874 g/mol. The molecule has 2 N–H and O–H groups in total. The molecule has 6 aromatic rings. The van der Waals surface area contributed by atoms with E-state index in [0.717, 1.165) is 36.0 Å². The smallest absolute Gasteiger partial charge is 0.268 e. The van der Waals surface area contributed by atoms with Crippen molar-refractivity contribution >= 4 is 26.8 Å². The number of unbranched alkanes of at least 4 members (excludes halogenated alkanes) is 3. The molecular formula is C51H58N2O9S. The third kappa shape index (κ3) is 10.8. The maximum Gasteiger partial charge on any atom is 0.268 e. The summed E-state index contributed by atoms with van der Waals surface area (Å²) in [6, 6.07) is 44.8. The highest BCUT2D eigenvalue weighted by Crippen LogP contribution is 2.49. The second kappa shape index (κ2) is 21.9. The van der Waals surface area contributed by atoms with E-state index < -0.39 is 46.1 Å². The Hall–Kier alpha value is -5.18. The van der Waals surface area contributed by atoms with Crippen LogP contribution in [0.3, 0.4) is 0 Å². The number of para-hydroxylation sites is 1. The van der Waals surface area contributed by atoms with Crippen molar-refractivity contribution in [1.82, 2.24) is 9.29 Å². The first-order valence-electron chi connectivity index (χ1n) is 21.8. The molecule has 5 aromatic carbocycles. The van der Waals surface area contributed by atoms with E-state index >= 15 is 0 Å². The standard InChI is InChI=1S/C51H58N2O9S/c1-3-62-51(44-34-53(45-31-19-18-30-43(44)45)63(56,57)42-28-16-9-17-29-42)49(55)47(58-33-21-5-4-20-32-52-38(2)54)46(59-35-39-22-10-6-11-23-39)48(60-36-40-24-12-7-13-25-40)50(51)61-37-41-26-14-8-15-27-41/h6-19,22-31,34,46-50,55H,3-5,20-21,32-33,35-37H2,1-2H3,(H,52,54). The van der Waals surface area contributed by atoms with Crippen LogP contribution < -0.4 is 5.32 Å². The summed E-state index contributed by atoms with van der Waals surface area (Å²) in [5, 5.41) is 16.8. The average molecular weight is 875 g/mol. The van der Waals surface area contributed by atoms with Gasteiger partial charge in [0.05, 0.1) is 30.2 Å². The molecule has 12 heteroatoms. The summed E-state index contributed by atoms with van der Waals surface area (Å²) in [5.74, 6) is -0.0557. The maximum atomic E-state index is 14.6. The van der Waals surface area contributed by atoms with E-state index in [2.05, 4.69) is 5.32 Å². The second-order valence-electron chi connectivity index (χ2n) is 15.8. The summed E-state index contributed by atoms with van der Waals surface area (Å²) < 4.78 is 65.3. The van der Waals surface area contributed by atoms with Crippen LogP contribution in [0.2, 0.25) is 0 Å². The fourth-order valence-corrected chi connectivity index (χ4v) is 9.88. The molecule has 332 valence electrons. The second-order valence-corrected chi connectivity index (χ2v) is 17.6. The molecule has 1 amide bonds. The molecule has 7 rings (SSSR count). The highest BCUT2D eigenvalue weighted by molar-refractivity contribution is 7.90. The fraction of sp³-hybridized carbons (Fsp3) is 0.353. The van der Waals surface area contributed by atoms with Gasteiger partial charge in [-0.25, -0.2) is 12.4 Å². The fourth-order valence-electron chi connectivity index (χ4n) is 8.49. The van der Waals surface area contributed by atoms with Crippen LogP contribution in [0.4, 0.5) is 0 Å². The molecule has 1 aliphatic rings. The number of benzene rings is 5. The molecule has 0 spiro atoms. The predicted octanol–water partition coefficient (Wildman–Crippen LogP) is 8.32. The summed E-state index contributed by atoms with van der Waals surface area (Å²) in [7, 11) is -4.14. The van der Waals surface area contributed by atoms with Crippen LogP contribution in [-0.2, 0) is 63.9 Å². The molecule has 6 unspecified atom stereocenters. The number of aromatic nitrogens is 1. The number of aliphatic hydroxyl groups is 1. The lowest BCUT2D eigenvalue weighted by Gasteiger charge is -2.55. The molecule has 0 radical (unpaired) electrons. The Morgan fingerprint density at radius 2 is 1.17 bits per heavy atom. The zero-order chi connectivity index (χ0) is 44.1. The van der Waals surface area contributed by atoms with Gasteiger partial charge in [0, 0.05) is 43.8 Å². The number of hydrogen-bond acceptors (Lipinski definition) is 9. The number of carbonyl (C=O) groups excluding carboxylic acids is 1. The quantitative estimate of drug-likeness (QED) is 0.0646. The van der Waals surface area contributed by atoms with Crippen LogP contribution in [-0.4, -0.2) is 73.7 Å². The Labute approximate surface area is 371 Å². The van der Waals surface area contributed by atoms with Gasteiger partial charge in [-0.15, -0.1) is 0 Å². The molecule has 1 aliphatic carbocycles. The van der Waals surface area contributed by atoms with Gasteiger partial charge < -0.3 is 34.1 Å². The van der Waals surface area contributed by atoms with Crippen molar-refractivity contribution < 1.29 is 42.0 Å². The largest absolute Gasteiger partial charge is 0.387 e. The Kier molecular flexibility index (Phi) is 16.0. The van der Waals surface area contributed by atoms with E-state index in [-0.39, 0.29) is 43.8 Å². The minimum atomic E-state index is -4.14. The SMILES string of the molecule is CCOC1(c2cn(S(=O)(=O)c3ccccc3)c3ccccc23)C(O)C(OCCCCCCNC(C)=O)C(OCc2ccccc2)C(OCc2ccccc2)C1OCc1ccccc1. The highest BCUT2D eigenvalue weighted by atomic mass is 32.2. The zero-order valence-corrected chi connectivity index (χ0v) is 36.8. The van der Waals surface area contributed by atoms with Gasteiger partial charge in [-0.1, -0.05) is 140 Å². The summed E-state index contributed by atoms with van der Waals surface area (Å²) in [4.78, 5) is 11.5. The normalized spacial score (nSPS) is 21.3. The number of amides is 1. The highest BCUT2D eigenvalue weighted by Gasteiger charge is 2.64. The Bertz CT molecular complexity index is 2430. The van der Waals surface area contributed by atoms with Crippen LogP contribution in [0.1, 0.15) is 61.8 Å². The van der Waals surface area contributed by atoms with E-state index in [0.29, 0.717) is 29.4 Å². The molecule has 1 heterocycles. The van der Waals surface area contributed by atoms with Gasteiger partial charge in [-0.2, -0.15) is 0 Å². The molecule has 63 heavy (non-hydrogen) atoms. The average Bonchev–Trinajstić information content (AvgIpc) is 3.72. The van der Waals surface area contributed by atoms with E-state index in [9.17, 15) is 18.3 Å². The number of fused-ring (bicyclic) bond motifs is 1. The van der Waals surface area contributed by atoms with Crippen molar-refractivity contribution in [3.8, 4) is 0 Å². The summed E-state index contributed by atoms with van der Waals surface area (Å²) in [6.07, 6.45) is -0.624. The van der Waals surface area contributed by atoms with Crippen molar-refractivity contribution in [3.05, 3.63) is 174 Å². The van der Waals surface area contributed by atoms with Crippen LogP contribution in [0.5, 0.6) is 0 Å². The van der Waals surface area contributed by atoms with Crippen molar-refractivity contribution in [2.24, 2.45) is 0 Å². The van der Waals surface area contributed by atoms with E-state index in [4.69, 9.17) is 23.7 Å². The molecule has 0 bridgehead atoms. The summed E-state index contributed by atoms with van der Waals surface area (Å²) in [5.41, 5.74) is 1.77.